The quantitative estimate of drug-likeness (QED) is 0.337. The van der Waals surface area contributed by atoms with Gasteiger partial charge in [0.15, 0.2) is 0 Å². The van der Waals surface area contributed by atoms with Crippen molar-refractivity contribution < 1.29 is 5.11 Å². The van der Waals surface area contributed by atoms with Crippen LogP contribution in [0.5, 0.6) is 0 Å². The molecule has 2 unspecified atom stereocenters. The third kappa shape index (κ3) is 5.46. The number of aliphatic hydroxyl groups excluding tert-OH is 1. The smallest absolute Gasteiger partial charge is 0.0552 e. The predicted octanol–water partition coefficient (Wildman–Crippen LogP) is 9.18. The third-order valence-corrected chi connectivity index (χ3v) is 12.5. The molecule has 0 saturated carbocycles. The van der Waals surface area contributed by atoms with Gasteiger partial charge in [-0.3, -0.25) is 0 Å². The Labute approximate surface area is 227 Å². The molecule has 3 aromatic rings. The molecule has 37 heavy (non-hydrogen) atoms. The van der Waals surface area contributed by atoms with E-state index in [1.54, 1.807) is 5.30 Å². The van der Waals surface area contributed by atoms with E-state index in [1.165, 1.54) is 55.6 Å². The van der Waals surface area contributed by atoms with Crippen LogP contribution in [0.15, 0.2) is 42.5 Å². The molecule has 0 spiro atoms. The molecule has 0 aliphatic carbocycles. The zero-order valence-corrected chi connectivity index (χ0v) is 25.6. The molecule has 4 rings (SSSR count). The minimum Gasteiger partial charge on any atom is -0.393 e. The maximum absolute atomic E-state index is 11.0. The van der Waals surface area contributed by atoms with E-state index in [1.807, 2.05) is 0 Å². The van der Waals surface area contributed by atoms with Gasteiger partial charge in [0.2, 0.25) is 0 Å². The van der Waals surface area contributed by atoms with Crippen LogP contribution in [0, 0.1) is 53.4 Å². The molecule has 2 atom stereocenters. The van der Waals surface area contributed by atoms with Gasteiger partial charge in [0.25, 0.3) is 0 Å². The molecular weight excluding hydrogens is 467 g/mol. The predicted molar refractivity (Wildman–Crippen MR) is 165 cm³/mol. The molecule has 0 bridgehead atoms. The van der Waals surface area contributed by atoms with E-state index in [4.69, 9.17) is 0 Å². The number of hydrogen-bond acceptors (Lipinski definition) is 1. The van der Waals surface area contributed by atoms with Gasteiger partial charge in [0.05, 0.1) is 6.10 Å². The molecule has 1 heterocycles. The number of rotatable bonds is 5. The van der Waals surface area contributed by atoms with Crippen molar-refractivity contribution in [1.29, 1.82) is 0 Å². The minimum atomic E-state index is -0.513. The van der Waals surface area contributed by atoms with Gasteiger partial charge >= 0.3 is 0 Å². The third-order valence-electron chi connectivity index (χ3n) is 8.47. The van der Waals surface area contributed by atoms with Crippen LogP contribution in [0.3, 0.4) is 0 Å². The van der Waals surface area contributed by atoms with Crippen LogP contribution >= 0.6 is 7.92 Å². The zero-order valence-electron chi connectivity index (χ0n) is 24.7. The normalized spacial score (nSPS) is 22.2. The maximum Gasteiger partial charge on any atom is 0.0552 e. The molecular formula is C35H47OP. The second kappa shape index (κ2) is 11.0. The number of aliphatic hydroxyl groups is 1. The summed E-state index contributed by atoms with van der Waals surface area (Å²) in [6.45, 7) is 23.1. The molecule has 0 aromatic heterocycles. The fraction of sp³-hybridized carbons (Fsp3) is 0.486. The summed E-state index contributed by atoms with van der Waals surface area (Å²) in [6, 6.07) is 16.5. The highest BCUT2D eigenvalue weighted by Crippen LogP contribution is 2.60. The van der Waals surface area contributed by atoms with Gasteiger partial charge in [-0.25, -0.2) is 0 Å². The summed E-state index contributed by atoms with van der Waals surface area (Å²) in [7, 11) is -0.513. The first-order chi connectivity index (χ1) is 17.4. The van der Waals surface area contributed by atoms with Gasteiger partial charge in [-0.1, -0.05) is 89.2 Å². The van der Waals surface area contributed by atoms with Gasteiger partial charge in [-0.05, 0) is 127 Å². The topological polar surface area (TPSA) is 20.2 Å². The van der Waals surface area contributed by atoms with E-state index in [-0.39, 0.29) is 6.10 Å². The summed E-state index contributed by atoms with van der Waals surface area (Å²) in [6.07, 6.45) is 1.63. The summed E-state index contributed by atoms with van der Waals surface area (Å²) in [5, 5.41) is 12.6. The summed E-state index contributed by atoms with van der Waals surface area (Å²) < 4.78 is 0. The Hall–Kier alpha value is -1.95. The van der Waals surface area contributed by atoms with Gasteiger partial charge < -0.3 is 5.11 Å². The molecule has 0 radical (unpaired) electrons. The summed E-state index contributed by atoms with van der Waals surface area (Å²) in [4.78, 5) is 0. The fourth-order valence-corrected chi connectivity index (χ4v) is 11.4. The van der Waals surface area contributed by atoms with Crippen molar-refractivity contribution in [3.05, 3.63) is 75.8 Å². The van der Waals surface area contributed by atoms with Crippen LogP contribution in [0.2, 0.25) is 0 Å². The Morgan fingerprint density at radius 3 is 1.32 bits per heavy atom. The highest BCUT2D eigenvalue weighted by Gasteiger charge is 2.42. The highest BCUT2D eigenvalue weighted by molar-refractivity contribution is 7.67. The summed E-state index contributed by atoms with van der Waals surface area (Å²) in [5.74, 6) is 1.06. The van der Waals surface area contributed by atoms with Crippen molar-refractivity contribution >= 4 is 13.2 Å². The van der Waals surface area contributed by atoms with Gasteiger partial charge in [0.1, 0.15) is 0 Å². The molecule has 1 nitrogen and oxygen atoms in total. The first kappa shape index (κ1) is 28.1. The zero-order chi connectivity index (χ0) is 27.2. The van der Waals surface area contributed by atoms with Crippen molar-refractivity contribution in [3.8, 4) is 22.3 Å². The van der Waals surface area contributed by atoms with Crippen molar-refractivity contribution in [2.24, 2.45) is 11.8 Å². The van der Waals surface area contributed by atoms with Gasteiger partial charge in [0, 0.05) is 0 Å². The van der Waals surface area contributed by atoms with Crippen LogP contribution in [0.25, 0.3) is 22.3 Å². The van der Waals surface area contributed by atoms with Crippen LogP contribution in [-0.2, 0) is 0 Å². The van der Waals surface area contributed by atoms with Gasteiger partial charge in [-0.15, -0.1) is 0 Å². The number of hydrogen-bond donors (Lipinski definition) is 1. The average Bonchev–Trinajstić information content (AvgIpc) is 2.77. The average molecular weight is 515 g/mol. The van der Waals surface area contributed by atoms with E-state index in [2.05, 4.69) is 112 Å². The van der Waals surface area contributed by atoms with Crippen LogP contribution < -0.4 is 5.30 Å². The van der Waals surface area contributed by atoms with Crippen molar-refractivity contribution in [2.75, 3.05) is 0 Å². The first-order valence-corrected chi connectivity index (χ1v) is 15.6. The Bertz CT molecular complexity index is 1140. The van der Waals surface area contributed by atoms with Gasteiger partial charge in [-0.2, -0.15) is 0 Å². The Kier molecular flexibility index (Phi) is 8.37. The first-order valence-electron chi connectivity index (χ1n) is 14.2. The molecule has 1 fully saturated rings. The molecule has 1 aliphatic heterocycles. The summed E-state index contributed by atoms with van der Waals surface area (Å²) in [5.41, 5.74) is 14.8. The number of aryl methyl sites for hydroxylation is 6. The Balaban J connectivity index is 2.14. The lowest BCUT2D eigenvalue weighted by Gasteiger charge is -2.46. The molecule has 0 amide bonds. The lowest BCUT2D eigenvalue weighted by atomic mass is 9.89. The standard InChI is InChI=1S/C35H47OP/c1-20(2)31-18-28(36)19-32(21(3)4)37(31)35-29(33-24(7)14-22(5)15-25(33)8)12-11-13-30(35)34-26(9)16-23(6)17-27(34)10/h11-17,20-21,28,31-32,36H,18-19H2,1-10H3. The molecule has 2 heteroatoms. The van der Waals surface area contributed by atoms with Crippen molar-refractivity contribution in [2.45, 2.75) is 99.5 Å². The Morgan fingerprint density at radius 1 is 0.649 bits per heavy atom. The lowest BCUT2D eigenvalue weighted by molar-refractivity contribution is 0.135. The highest BCUT2D eigenvalue weighted by atomic mass is 31.1. The molecule has 1 aliphatic rings. The molecule has 1 saturated heterocycles. The molecule has 198 valence electrons. The van der Waals surface area contributed by atoms with E-state index in [9.17, 15) is 5.11 Å². The SMILES string of the molecule is Cc1cc(C)c(-c2cccc(-c3c(C)cc(C)cc3C)c2P2C(C(C)C)CC(O)CC2C(C)C)c(C)c1. The second-order valence-corrected chi connectivity index (χ2v) is 15.0. The van der Waals surface area contributed by atoms with Crippen LogP contribution in [-0.4, -0.2) is 22.5 Å². The van der Waals surface area contributed by atoms with E-state index in [0.29, 0.717) is 23.2 Å². The maximum atomic E-state index is 11.0. The van der Waals surface area contributed by atoms with Crippen molar-refractivity contribution in [3.63, 3.8) is 0 Å². The molecule has 1 N–H and O–H groups in total. The number of benzene rings is 3. The summed E-state index contributed by atoms with van der Waals surface area (Å²) >= 11 is 0. The van der Waals surface area contributed by atoms with E-state index >= 15 is 0 Å². The monoisotopic (exact) mass is 514 g/mol. The lowest BCUT2D eigenvalue weighted by Crippen LogP contribution is -2.40. The molecule has 3 aromatic carbocycles. The van der Waals surface area contributed by atoms with Crippen LogP contribution in [0.1, 0.15) is 73.9 Å². The second-order valence-electron chi connectivity index (χ2n) is 12.4. The Morgan fingerprint density at radius 2 is 1.00 bits per heavy atom. The minimum absolute atomic E-state index is 0.195. The van der Waals surface area contributed by atoms with Crippen LogP contribution in [0.4, 0.5) is 0 Å². The van der Waals surface area contributed by atoms with E-state index < -0.39 is 7.92 Å². The fourth-order valence-electron chi connectivity index (χ4n) is 7.08. The van der Waals surface area contributed by atoms with Crippen molar-refractivity contribution in [1.82, 2.24) is 0 Å². The van der Waals surface area contributed by atoms with E-state index in [0.717, 1.165) is 12.8 Å². The largest absolute Gasteiger partial charge is 0.393 e.